The van der Waals surface area contributed by atoms with Crippen LogP contribution < -0.4 is 5.32 Å². The second kappa shape index (κ2) is 7.11. The molecule has 1 fully saturated rings. The molecular weight excluding hydrogens is 364 g/mol. The van der Waals surface area contributed by atoms with Crippen LogP contribution in [0.2, 0.25) is 0 Å². The molecule has 0 spiro atoms. The lowest BCUT2D eigenvalue weighted by Crippen LogP contribution is -2.30. The zero-order valence-electron chi connectivity index (χ0n) is 14.6. The monoisotopic (exact) mass is 379 g/mol. The van der Waals surface area contributed by atoms with Crippen LogP contribution in [0.3, 0.4) is 0 Å². The summed E-state index contributed by atoms with van der Waals surface area (Å²) in [5, 5.41) is 2.52. The maximum Gasteiger partial charge on any atom is 0.329 e. The van der Waals surface area contributed by atoms with E-state index in [4.69, 9.17) is 0 Å². The van der Waals surface area contributed by atoms with Crippen LogP contribution in [-0.2, 0) is 11.3 Å². The fourth-order valence-electron chi connectivity index (χ4n) is 3.01. The molecule has 1 aliphatic heterocycles. The first kappa shape index (κ1) is 17.7. The molecule has 2 heterocycles. The number of imide groups is 1. The zero-order valence-corrected chi connectivity index (χ0v) is 14.6. The van der Waals surface area contributed by atoms with E-state index in [1.165, 1.54) is 30.3 Å². The van der Waals surface area contributed by atoms with Crippen molar-refractivity contribution in [1.29, 1.82) is 0 Å². The Morgan fingerprint density at radius 2 is 1.68 bits per heavy atom. The highest BCUT2D eigenvalue weighted by atomic mass is 19.1. The third-order valence-electron chi connectivity index (χ3n) is 4.43. The Morgan fingerprint density at radius 3 is 2.43 bits per heavy atom. The first-order chi connectivity index (χ1) is 13.5. The minimum atomic E-state index is -0.612. The second-order valence-electron chi connectivity index (χ2n) is 6.25. The van der Waals surface area contributed by atoms with E-state index in [1.807, 2.05) is 0 Å². The number of benzene rings is 2. The van der Waals surface area contributed by atoms with Gasteiger partial charge in [-0.25, -0.2) is 13.6 Å². The van der Waals surface area contributed by atoms with Crippen LogP contribution in [0.4, 0.5) is 13.6 Å². The molecule has 5 nitrogen and oxygen atoms in total. The van der Waals surface area contributed by atoms with Gasteiger partial charge in [-0.05, 0) is 48.5 Å². The average molecular weight is 379 g/mol. The Bertz CT molecular complexity index is 1090. The van der Waals surface area contributed by atoms with Gasteiger partial charge in [-0.15, -0.1) is 0 Å². The molecule has 1 aliphatic rings. The predicted octanol–water partition coefficient (Wildman–Crippen LogP) is 3.85. The Morgan fingerprint density at radius 1 is 0.929 bits per heavy atom. The summed E-state index contributed by atoms with van der Waals surface area (Å²) in [6.45, 7) is -0.159. The third kappa shape index (κ3) is 3.29. The lowest BCUT2D eigenvalue weighted by atomic mass is 10.2. The van der Waals surface area contributed by atoms with E-state index < -0.39 is 17.8 Å². The van der Waals surface area contributed by atoms with Crippen LogP contribution in [-0.4, -0.2) is 21.4 Å². The van der Waals surface area contributed by atoms with Gasteiger partial charge in [0.2, 0.25) is 0 Å². The number of hydrogen-bond donors (Lipinski definition) is 1. The second-order valence-corrected chi connectivity index (χ2v) is 6.25. The van der Waals surface area contributed by atoms with Crippen molar-refractivity contribution in [2.45, 2.75) is 6.54 Å². The predicted molar refractivity (Wildman–Crippen MR) is 99.2 cm³/mol. The lowest BCUT2D eigenvalue weighted by molar-refractivity contribution is -0.123. The van der Waals surface area contributed by atoms with Gasteiger partial charge in [0, 0.05) is 23.1 Å². The van der Waals surface area contributed by atoms with Gasteiger partial charge in [0.15, 0.2) is 0 Å². The molecule has 1 N–H and O–H groups in total. The maximum atomic E-state index is 13.9. The van der Waals surface area contributed by atoms with Crippen LogP contribution in [0.15, 0.2) is 72.6 Å². The van der Waals surface area contributed by atoms with E-state index in [9.17, 15) is 18.4 Å². The molecule has 0 bridgehead atoms. The van der Waals surface area contributed by atoms with E-state index in [-0.39, 0.29) is 23.6 Å². The number of nitrogens with one attached hydrogen (secondary N) is 1. The number of amides is 3. The fourth-order valence-corrected chi connectivity index (χ4v) is 3.01. The highest BCUT2D eigenvalue weighted by molar-refractivity contribution is 6.13. The minimum absolute atomic E-state index is 0.0865. The molecule has 0 radical (unpaired) electrons. The molecular formula is C21H15F2N3O2. The maximum absolute atomic E-state index is 13.9. The zero-order chi connectivity index (χ0) is 19.7. The summed E-state index contributed by atoms with van der Waals surface area (Å²) >= 11 is 0. The van der Waals surface area contributed by atoms with Gasteiger partial charge < -0.3 is 9.88 Å². The van der Waals surface area contributed by atoms with Crippen molar-refractivity contribution < 1.29 is 18.4 Å². The van der Waals surface area contributed by atoms with Crippen LogP contribution in [0.1, 0.15) is 11.3 Å². The van der Waals surface area contributed by atoms with E-state index in [1.54, 1.807) is 47.2 Å². The molecule has 140 valence electrons. The number of carbonyl (C=O) groups excluding carboxylic acids is 2. The van der Waals surface area contributed by atoms with Crippen LogP contribution in [0.5, 0.6) is 0 Å². The van der Waals surface area contributed by atoms with E-state index >= 15 is 0 Å². The molecule has 28 heavy (non-hydrogen) atoms. The molecule has 3 aromatic rings. The van der Waals surface area contributed by atoms with Crippen LogP contribution >= 0.6 is 0 Å². The fraction of sp³-hybridized carbons (Fsp3) is 0.0476. The van der Waals surface area contributed by atoms with Crippen molar-refractivity contribution in [2.24, 2.45) is 0 Å². The molecule has 2 aromatic carbocycles. The van der Waals surface area contributed by atoms with Crippen molar-refractivity contribution in [3.8, 4) is 5.69 Å². The van der Waals surface area contributed by atoms with Gasteiger partial charge in [-0.2, -0.15) is 0 Å². The number of hydrogen-bond acceptors (Lipinski definition) is 2. The van der Waals surface area contributed by atoms with E-state index in [0.717, 1.165) is 4.90 Å². The molecule has 7 heteroatoms. The molecule has 0 unspecified atom stereocenters. The molecule has 0 saturated carbocycles. The summed E-state index contributed by atoms with van der Waals surface area (Å²) in [4.78, 5) is 25.8. The van der Waals surface area contributed by atoms with Crippen molar-refractivity contribution >= 4 is 18.0 Å². The highest BCUT2D eigenvalue weighted by Crippen LogP contribution is 2.20. The first-order valence-electron chi connectivity index (χ1n) is 8.54. The van der Waals surface area contributed by atoms with Crippen molar-refractivity contribution in [1.82, 2.24) is 14.8 Å². The summed E-state index contributed by atoms with van der Waals surface area (Å²) in [6, 6.07) is 14.8. The summed E-state index contributed by atoms with van der Waals surface area (Å²) in [7, 11) is 0. The Labute approximate surface area is 159 Å². The molecule has 0 atom stereocenters. The smallest absolute Gasteiger partial charge is 0.317 e. The normalized spacial score (nSPS) is 15.4. The van der Waals surface area contributed by atoms with Crippen molar-refractivity contribution in [2.75, 3.05) is 0 Å². The number of rotatable bonds is 4. The van der Waals surface area contributed by atoms with Crippen molar-refractivity contribution in [3.05, 3.63) is 95.4 Å². The average Bonchev–Trinajstić information content (AvgIpc) is 3.24. The topological polar surface area (TPSA) is 54.3 Å². The van der Waals surface area contributed by atoms with E-state index in [2.05, 4.69) is 5.32 Å². The minimum Gasteiger partial charge on any atom is -0.317 e. The quantitative estimate of drug-likeness (QED) is 0.553. The molecule has 1 saturated heterocycles. The molecule has 1 aromatic heterocycles. The van der Waals surface area contributed by atoms with Crippen LogP contribution in [0.25, 0.3) is 11.8 Å². The van der Waals surface area contributed by atoms with Gasteiger partial charge in [0.05, 0.1) is 6.54 Å². The van der Waals surface area contributed by atoms with Gasteiger partial charge in [0.1, 0.15) is 17.3 Å². The number of carbonyl (C=O) groups is 2. The summed E-state index contributed by atoms with van der Waals surface area (Å²) in [6.07, 6.45) is 3.29. The SMILES string of the molecule is O=C1NC(=Cc2cccn2-c2ccc(F)cc2)C(=O)N1Cc1ccccc1F. The largest absolute Gasteiger partial charge is 0.329 e. The van der Waals surface area contributed by atoms with Gasteiger partial charge in [-0.1, -0.05) is 18.2 Å². The number of urea groups is 1. The summed E-state index contributed by atoms with van der Waals surface area (Å²) in [5.74, 6) is -1.37. The Balaban J connectivity index is 1.61. The molecule has 4 rings (SSSR count). The molecule has 0 aliphatic carbocycles. The van der Waals surface area contributed by atoms with Gasteiger partial charge in [-0.3, -0.25) is 9.69 Å². The van der Waals surface area contributed by atoms with Gasteiger partial charge >= 0.3 is 6.03 Å². The van der Waals surface area contributed by atoms with E-state index in [0.29, 0.717) is 11.4 Å². The third-order valence-corrected chi connectivity index (χ3v) is 4.43. The number of aromatic nitrogens is 1. The molecule has 3 amide bonds. The first-order valence-corrected chi connectivity index (χ1v) is 8.54. The Hall–Kier alpha value is -3.74. The summed E-state index contributed by atoms with van der Waals surface area (Å²) < 4.78 is 28.8. The van der Waals surface area contributed by atoms with Crippen LogP contribution in [0, 0.1) is 11.6 Å². The lowest BCUT2D eigenvalue weighted by Gasteiger charge is -2.12. The highest BCUT2D eigenvalue weighted by Gasteiger charge is 2.34. The van der Waals surface area contributed by atoms with Gasteiger partial charge in [0.25, 0.3) is 5.91 Å². The van der Waals surface area contributed by atoms with Crippen molar-refractivity contribution in [3.63, 3.8) is 0 Å². The number of nitrogens with zero attached hydrogens (tertiary/aromatic N) is 2. The standard InChI is InChI=1S/C21H15F2N3O2/c22-15-7-9-16(10-8-15)25-11-3-5-17(25)12-19-20(27)26(21(28)24-19)13-14-4-1-2-6-18(14)23/h1-12H,13H2,(H,24,28). The number of halogens is 2. The Kier molecular flexibility index (Phi) is 4.49. The summed E-state index contributed by atoms with van der Waals surface area (Å²) in [5.41, 5.74) is 1.67.